The molecule has 1 atom stereocenters. The van der Waals surface area contributed by atoms with E-state index in [0.29, 0.717) is 12.0 Å². The van der Waals surface area contributed by atoms with Crippen molar-refractivity contribution >= 4 is 5.91 Å². The quantitative estimate of drug-likeness (QED) is 0.665. The molecule has 1 aliphatic rings. The zero-order valence-corrected chi connectivity index (χ0v) is 8.55. The van der Waals surface area contributed by atoms with E-state index in [1.54, 1.807) is 12.2 Å². The molecule has 0 aliphatic heterocycles. The fourth-order valence-electron chi connectivity index (χ4n) is 2.00. The average molecular weight is 181 g/mol. The van der Waals surface area contributed by atoms with E-state index in [0.717, 1.165) is 0 Å². The number of carbonyl (C=O) groups excluding carboxylic acids is 1. The summed E-state index contributed by atoms with van der Waals surface area (Å²) in [7, 11) is 0. The zero-order valence-electron chi connectivity index (χ0n) is 8.55. The smallest absolute Gasteiger partial charge is 0.243 e. The molecule has 13 heavy (non-hydrogen) atoms. The lowest BCUT2D eigenvalue weighted by Gasteiger charge is -2.19. The molecule has 2 nitrogen and oxygen atoms in total. The van der Waals surface area contributed by atoms with E-state index in [1.165, 1.54) is 25.7 Å². The van der Waals surface area contributed by atoms with Gasteiger partial charge in [0.25, 0.3) is 0 Å². The number of rotatable bonds is 3. The van der Waals surface area contributed by atoms with Gasteiger partial charge < -0.3 is 5.32 Å². The minimum atomic E-state index is 0.0434. The van der Waals surface area contributed by atoms with Crippen molar-refractivity contribution in [3.05, 3.63) is 12.2 Å². The molecule has 1 fully saturated rings. The Morgan fingerprint density at radius 1 is 1.46 bits per heavy atom. The minimum Gasteiger partial charge on any atom is -0.350 e. The van der Waals surface area contributed by atoms with Crippen LogP contribution in [-0.4, -0.2) is 11.9 Å². The summed E-state index contributed by atoms with van der Waals surface area (Å²) in [6.45, 7) is 3.97. The van der Waals surface area contributed by atoms with E-state index in [1.807, 2.05) is 6.92 Å². The lowest BCUT2D eigenvalue weighted by Crippen LogP contribution is -2.36. The van der Waals surface area contributed by atoms with E-state index in [9.17, 15) is 4.79 Å². The van der Waals surface area contributed by atoms with Crippen LogP contribution in [0.2, 0.25) is 0 Å². The van der Waals surface area contributed by atoms with Gasteiger partial charge in [-0.15, -0.1) is 0 Å². The highest BCUT2D eigenvalue weighted by atomic mass is 16.1. The second-order valence-electron chi connectivity index (χ2n) is 3.84. The van der Waals surface area contributed by atoms with Gasteiger partial charge in [0.2, 0.25) is 5.91 Å². The van der Waals surface area contributed by atoms with Gasteiger partial charge >= 0.3 is 0 Å². The summed E-state index contributed by atoms with van der Waals surface area (Å²) in [6, 6.07) is 0.339. The van der Waals surface area contributed by atoms with Crippen LogP contribution >= 0.6 is 0 Å². The number of amides is 1. The molecule has 0 heterocycles. The maximum atomic E-state index is 11.2. The number of hydrogen-bond donors (Lipinski definition) is 1. The molecule has 0 spiro atoms. The molecule has 1 amide bonds. The Morgan fingerprint density at radius 2 is 2.08 bits per heavy atom. The monoisotopic (exact) mass is 181 g/mol. The van der Waals surface area contributed by atoms with Crippen LogP contribution in [0.25, 0.3) is 0 Å². The Kier molecular flexibility index (Phi) is 4.00. The fourth-order valence-corrected chi connectivity index (χ4v) is 2.00. The molecule has 0 aromatic carbocycles. The number of nitrogens with one attached hydrogen (secondary N) is 1. The van der Waals surface area contributed by atoms with Gasteiger partial charge in [0, 0.05) is 6.04 Å². The molecule has 0 aromatic rings. The summed E-state index contributed by atoms with van der Waals surface area (Å²) in [6.07, 6.45) is 8.57. The highest BCUT2D eigenvalue weighted by molar-refractivity contribution is 5.87. The molecular formula is C11H19NO. The summed E-state index contributed by atoms with van der Waals surface area (Å²) in [5, 5.41) is 3.00. The van der Waals surface area contributed by atoms with Crippen molar-refractivity contribution in [1.29, 1.82) is 0 Å². The van der Waals surface area contributed by atoms with Crippen LogP contribution in [0.5, 0.6) is 0 Å². The summed E-state index contributed by atoms with van der Waals surface area (Å²) >= 11 is 0. The molecule has 0 bridgehead atoms. The molecule has 1 N–H and O–H groups in total. The first kappa shape index (κ1) is 10.3. The summed E-state index contributed by atoms with van der Waals surface area (Å²) in [4.78, 5) is 11.2. The number of allylic oxidation sites excluding steroid dienone is 1. The van der Waals surface area contributed by atoms with E-state index in [-0.39, 0.29) is 5.91 Å². The minimum absolute atomic E-state index is 0.0434. The Labute approximate surface area is 80.4 Å². The molecule has 0 saturated heterocycles. The van der Waals surface area contributed by atoms with Crippen molar-refractivity contribution < 1.29 is 4.79 Å². The van der Waals surface area contributed by atoms with Crippen molar-refractivity contribution in [1.82, 2.24) is 5.32 Å². The average Bonchev–Trinajstić information content (AvgIpc) is 2.55. The van der Waals surface area contributed by atoms with E-state index in [4.69, 9.17) is 0 Å². The first-order valence-corrected chi connectivity index (χ1v) is 5.17. The highest BCUT2D eigenvalue weighted by Gasteiger charge is 2.21. The third kappa shape index (κ3) is 3.21. The van der Waals surface area contributed by atoms with Crippen LogP contribution in [0.4, 0.5) is 0 Å². The Morgan fingerprint density at radius 3 is 2.62 bits per heavy atom. The second-order valence-corrected chi connectivity index (χ2v) is 3.84. The van der Waals surface area contributed by atoms with Crippen LogP contribution in [0.1, 0.15) is 39.5 Å². The summed E-state index contributed by atoms with van der Waals surface area (Å²) in [5.74, 6) is 0.746. The summed E-state index contributed by atoms with van der Waals surface area (Å²) < 4.78 is 0. The topological polar surface area (TPSA) is 29.1 Å². The lowest BCUT2D eigenvalue weighted by molar-refractivity contribution is -0.117. The SMILES string of the molecule is C/C=C/C(=O)N[C@H](C)C1CCCC1. The van der Waals surface area contributed by atoms with Gasteiger partial charge in [-0.2, -0.15) is 0 Å². The fraction of sp³-hybridized carbons (Fsp3) is 0.727. The van der Waals surface area contributed by atoms with Crippen molar-refractivity contribution in [2.45, 2.75) is 45.6 Å². The third-order valence-electron chi connectivity index (χ3n) is 2.79. The largest absolute Gasteiger partial charge is 0.350 e. The number of hydrogen-bond acceptors (Lipinski definition) is 1. The third-order valence-corrected chi connectivity index (χ3v) is 2.79. The molecule has 1 rings (SSSR count). The van der Waals surface area contributed by atoms with E-state index >= 15 is 0 Å². The maximum Gasteiger partial charge on any atom is 0.243 e. The Bertz CT molecular complexity index is 192. The van der Waals surface area contributed by atoms with Gasteiger partial charge in [0.1, 0.15) is 0 Å². The van der Waals surface area contributed by atoms with Crippen LogP contribution < -0.4 is 5.32 Å². The molecule has 74 valence electrons. The predicted molar refractivity (Wildman–Crippen MR) is 54.4 cm³/mol. The maximum absolute atomic E-state index is 11.2. The molecule has 0 radical (unpaired) electrons. The van der Waals surface area contributed by atoms with Crippen LogP contribution in [0.15, 0.2) is 12.2 Å². The second kappa shape index (κ2) is 5.05. The van der Waals surface area contributed by atoms with Crippen molar-refractivity contribution in [3.8, 4) is 0 Å². The van der Waals surface area contributed by atoms with Gasteiger partial charge in [-0.1, -0.05) is 18.9 Å². The molecular weight excluding hydrogens is 162 g/mol. The van der Waals surface area contributed by atoms with Crippen LogP contribution in [0, 0.1) is 5.92 Å². The van der Waals surface area contributed by atoms with Crippen molar-refractivity contribution in [2.75, 3.05) is 0 Å². The van der Waals surface area contributed by atoms with Gasteiger partial charge in [0.05, 0.1) is 0 Å². The van der Waals surface area contributed by atoms with Gasteiger partial charge in [0.15, 0.2) is 0 Å². The lowest BCUT2D eigenvalue weighted by atomic mass is 10.00. The molecule has 1 saturated carbocycles. The van der Waals surface area contributed by atoms with E-state index in [2.05, 4.69) is 12.2 Å². The summed E-state index contributed by atoms with van der Waals surface area (Å²) in [5.41, 5.74) is 0. The molecule has 0 unspecified atom stereocenters. The van der Waals surface area contributed by atoms with Gasteiger partial charge in [-0.25, -0.2) is 0 Å². The molecule has 2 heteroatoms. The Hall–Kier alpha value is -0.790. The van der Waals surface area contributed by atoms with E-state index < -0.39 is 0 Å². The standard InChI is InChI=1S/C11H19NO/c1-3-6-11(13)12-9(2)10-7-4-5-8-10/h3,6,9-10H,4-5,7-8H2,1-2H3,(H,12,13)/b6-3+/t9-/m1/s1. The van der Waals surface area contributed by atoms with Crippen molar-refractivity contribution in [3.63, 3.8) is 0 Å². The zero-order chi connectivity index (χ0) is 9.68. The first-order valence-electron chi connectivity index (χ1n) is 5.17. The highest BCUT2D eigenvalue weighted by Crippen LogP contribution is 2.27. The molecule has 0 aromatic heterocycles. The predicted octanol–water partition coefficient (Wildman–Crippen LogP) is 2.26. The van der Waals surface area contributed by atoms with Crippen LogP contribution in [0.3, 0.4) is 0 Å². The number of carbonyl (C=O) groups is 1. The van der Waals surface area contributed by atoms with Gasteiger partial charge in [-0.05, 0) is 38.7 Å². The first-order chi connectivity index (χ1) is 6.24. The van der Waals surface area contributed by atoms with Crippen molar-refractivity contribution in [2.24, 2.45) is 5.92 Å². The van der Waals surface area contributed by atoms with Crippen LogP contribution in [-0.2, 0) is 4.79 Å². The normalized spacial score (nSPS) is 20.8. The molecule has 1 aliphatic carbocycles. The Balaban J connectivity index is 2.30. The van der Waals surface area contributed by atoms with Gasteiger partial charge in [-0.3, -0.25) is 4.79 Å².